The lowest BCUT2D eigenvalue weighted by Crippen LogP contribution is -2.31. The van der Waals surface area contributed by atoms with Crippen LogP contribution in [0.4, 0.5) is 0 Å². The van der Waals surface area contributed by atoms with Crippen LogP contribution in [0, 0.1) is 13.8 Å². The SMILES string of the molecule is CCOc1cc(C2c3c(oc4cc(C)c(C)cc4c3=O)C(=O)N2CCc2ccccc2)ccc1OCc1ccccc1. The van der Waals surface area contributed by atoms with Crippen molar-refractivity contribution in [1.29, 1.82) is 0 Å². The minimum atomic E-state index is -0.624. The molecule has 0 radical (unpaired) electrons. The maximum absolute atomic E-state index is 14.1. The summed E-state index contributed by atoms with van der Waals surface area (Å²) in [6.07, 6.45) is 0.638. The van der Waals surface area contributed by atoms with Crippen molar-refractivity contribution in [2.75, 3.05) is 13.2 Å². The molecule has 0 spiro atoms. The summed E-state index contributed by atoms with van der Waals surface area (Å²) in [5, 5.41) is 0.479. The Morgan fingerprint density at radius 2 is 1.48 bits per heavy atom. The van der Waals surface area contributed by atoms with Gasteiger partial charge >= 0.3 is 0 Å². The zero-order valence-electron chi connectivity index (χ0n) is 24.1. The van der Waals surface area contributed by atoms with E-state index in [0.717, 1.165) is 27.8 Å². The Morgan fingerprint density at radius 3 is 2.19 bits per heavy atom. The van der Waals surface area contributed by atoms with E-state index in [2.05, 4.69) is 0 Å². The summed E-state index contributed by atoms with van der Waals surface area (Å²) in [6.45, 7) is 7.10. The van der Waals surface area contributed by atoms with Crippen molar-refractivity contribution in [3.8, 4) is 11.5 Å². The average Bonchev–Trinajstić information content (AvgIpc) is 3.29. The highest BCUT2D eigenvalue weighted by Crippen LogP contribution is 2.41. The second-order valence-corrected chi connectivity index (χ2v) is 10.7. The Balaban J connectivity index is 1.44. The molecule has 0 aliphatic carbocycles. The quantitative estimate of drug-likeness (QED) is 0.191. The fourth-order valence-corrected chi connectivity index (χ4v) is 5.56. The second kappa shape index (κ2) is 11.6. The van der Waals surface area contributed by atoms with Crippen molar-refractivity contribution in [3.63, 3.8) is 0 Å². The van der Waals surface area contributed by atoms with Gasteiger partial charge in [-0.05, 0) is 79.3 Å². The zero-order chi connectivity index (χ0) is 29.2. The molecule has 1 aromatic heterocycles. The first-order valence-corrected chi connectivity index (χ1v) is 14.3. The lowest BCUT2D eigenvalue weighted by molar-refractivity contribution is 0.0729. The number of nitrogens with zero attached hydrogens (tertiary/aromatic N) is 1. The minimum absolute atomic E-state index is 0.108. The highest BCUT2D eigenvalue weighted by atomic mass is 16.5. The van der Waals surface area contributed by atoms with E-state index in [1.165, 1.54) is 0 Å². The Bertz CT molecular complexity index is 1810. The van der Waals surface area contributed by atoms with E-state index in [-0.39, 0.29) is 17.1 Å². The van der Waals surface area contributed by atoms with Gasteiger partial charge in [0.05, 0.1) is 23.6 Å². The molecule has 1 unspecified atom stereocenters. The van der Waals surface area contributed by atoms with Crippen molar-refractivity contribution in [2.45, 2.75) is 39.8 Å². The van der Waals surface area contributed by atoms with Crippen LogP contribution in [0.2, 0.25) is 0 Å². The maximum atomic E-state index is 14.1. The van der Waals surface area contributed by atoms with Crippen LogP contribution in [0.25, 0.3) is 11.0 Å². The Kier molecular flexibility index (Phi) is 7.53. The number of ether oxygens (including phenoxy) is 2. The lowest BCUT2D eigenvalue weighted by Gasteiger charge is -2.26. The van der Waals surface area contributed by atoms with Gasteiger partial charge < -0.3 is 18.8 Å². The highest BCUT2D eigenvalue weighted by molar-refractivity contribution is 5.99. The number of fused-ring (bicyclic) bond motifs is 2. The maximum Gasteiger partial charge on any atom is 0.290 e. The molecule has 1 aliphatic rings. The van der Waals surface area contributed by atoms with Crippen molar-refractivity contribution >= 4 is 16.9 Å². The predicted octanol–water partition coefficient (Wildman–Crippen LogP) is 7.18. The van der Waals surface area contributed by atoms with E-state index in [9.17, 15) is 9.59 Å². The molecule has 1 amide bonds. The summed E-state index contributed by atoms with van der Waals surface area (Å²) in [5.41, 5.74) is 5.52. The van der Waals surface area contributed by atoms with Crippen molar-refractivity contribution in [3.05, 3.63) is 140 Å². The van der Waals surface area contributed by atoms with Crippen LogP contribution >= 0.6 is 0 Å². The standard InChI is InChI=1S/C36H33NO5/c1-4-40-31-21-27(15-16-29(31)41-22-26-13-9-6-10-14-26)33-32-34(38)28-19-23(2)24(3)20-30(28)42-35(32)36(39)37(33)18-17-25-11-7-5-8-12-25/h5-16,19-21,33H,4,17-18,22H2,1-3H3. The number of carbonyl (C=O) groups excluding carboxylic acids is 1. The minimum Gasteiger partial charge on any atom is -0.490 e. The number of hydrogen-bond acceptors (Lipinski definition) is 5. The number of rotatable bonds is 9. The van der Waals surface area contributed by atoms with Crippen molar-refractivity contribution in [2.24, 2.45) is 0 Å². The van der Waals surface area contributed by atoms with Crippen LogP contribution in [0.5, 0.6) is 11.5 Å². The summed E-state index contributed by atoms with van der Waals surface area (Å²) in [7, 11) is 0. The number of aryl methyl sites for hydroxylation is 2. The molecule has 42 heavy (non-hydrogen) atoms. The largest absolute Gasteiger partial charge is 0.490 e. The van der Waals surface area contributed by atoms with Crippen LogP contribution in [0.15, 0.2) is 100 Å². The van der Waals surface area contributed by atoms with E-state index in [0.29, 0.717) is 54.2 Å². The molecule has 5 aromatic rings. The van der Waals surface area contributed by atoms with Gasteiger partial charge in [0.25, 0.3) is 5.91 Å². The molecular formula is C36H33NO5. The van der Waals surface area contributed by atoms with Crippen molar-refractivity contribution in [1.82, 2.24) is 4.90 Å². The lowest BCUT2D eigenvalue weighted by atomic mass is 9.97. The molecule has 1 aliphatic heterocycles. The molecule has 6 heteroatoms. The van der Waals surface area contributed by atoms with Gasteiger partial charge in [-0.2, -0.15) is 0 Å². The molecule has 0 saturated carbocycles. The first-order valence-electron chi connectivity index (χ1n) is 14.3. The van der Waals surface area contributed by atoms with Gasteiger partial charge in [0.1, 0.15) is 12.2 Å². The fraction of sp³-hybridized carbons (Fsp3) is 0.222. The van der Waals surface area contributed by atoms with Crippen LogP contribution in [-0.4, -0.2) is 24.0 Å². The molecule has 0 N–H and O–H groups in total. The van der Waals surface area contributed by atoms with E-state index >= 15 is 0 Å². The van der Waals surface area contributed by atoms with Crippen LogP contribution < -0.4 is 14.9 Å². The second-order valence-electron chi connectivity index (χ2n) is 10.7. The third kappa shape index (κ3) is 5.16. The molecule has 0 saturated heterocycles. The van der Waals surface area contributed by atoms with Gasteiger partial charge in [-0.3, -0.25) is 9.59 Å². The molecule has 1 atom stereocenters. The first kappa shape index (κ1) is 27.3. The van der Waals surface area contributed by atoms with E-state index in [1.807, 2.05) is 112 Å². The third-order valence-corrected chi connectivity index (χ3v) is 7.89. The van der Waals surface area contributed by atoms with E-state index in [4.69, 9.17) is 13.9 Å². The summed E-state index contributed by atoms with van der Waals surface area (Å²) in [4.78, 5) is 29.7. The normalized spacial score (nSPS) is 14.3. The summed E-state index contributed by atoms with van der Waals surface area (Å²) in [5.74, 6) is 0.981. The molecule has 6 rings (SSSR count). The van der Waals surface area contributed by atoms with Gasteiger partial charge in [0.2, 0.25) is 5.76 Å². The number of hydrogen-bond donors (Lipinski definition) is 0. The predicted molar refractivity (Wildman–Crippen MR) is 163 cm³/mol. The molecule has 2 heterocycles. The van der Waals surface area contributed by atoms with Crippen LogP contribution in [0.1, 0.15) is 56.9 Å². The fourth-order valence-electron chi connectivity index (χ4n) is 5.56. The van der Waals surface area contributed by atoms with Gasteiger partial charge in [-0.15, -0.1) is 0 Å². The average molecular weight is 560 g/mol. The Hall–Kier alpha value is -4.84. The first-order chi connectivity index (χ1) is 20.4. The molecule has 0 fully saturated rings. The number of benzene rings is 4. The molecule has 4 aromatic carbocycles. The van der Waals surface area contributed by atoms with E-state index < -0.39 is 6.04 Å². The number of carbonyl (C=O) groups is 1. The van der Waals surface area contributed by atoms with Gasteiger partial charge in [-0.25, -0.2) is 0 Å². The summed E-state index contributed by atoms with van der Waals surface area (Å²) in [6, 6.07) is 28.7. The van der Waals surface area contributed by atoms with Gasteiger partial charge in [-0.1, -0.05) is 66.7 Å². The van der Waals surface area contributed by atoms with Gasteiger partial charge in [0.15, 0.2) is 16.9 Å². The van der Waals surface area contributed by atoms with E-state index in [1.54, 1.807) is 4.90 Å². The summed E-state index contributed by atoms with van der Waals surface area (Å²) < 4.78 is 18.3. The zero-order valence-corrected chi connectivity index (χ0v) is 24.1. The third-order valence-electron chi connectivity index (χ3n) is 7.89. The number of amides is 1. The van der Waals surface area contributed by atoms with Gasteiger partial charge in [0, 0.05) is 6.54 Å². The highest BCUT2D eigenvalue weighted by Gasteiger charge is 2.42. The summed E-state index contributed by atoms with van der Waals surface area (Å²) >= 11 is 0. The monoisotopic (exact) mass is 559 g/mol. The molecule has 212 valence electrons. The molecular weight excluding hydrogens is 526 g/mol. The molecule has 0 bridgehead atoms. The van der Waals surface area contributed by atoms with Crippen molar-refractivity contribution < 1.29 is 18.7 Å². The Labute approximate surface area is 245 Å². The topological polar surface area (TPSA) is 69.0 Å². The van der Waals surface area contributed by atoms with Crippen LogP contribution in [-0.2, 0) is 13.0 Å². The van der Waals surface area contributed by atoms with Crippen LogP contribution in [0.3, 0.4) is 0 Å². The smallest absolute Gasteiger partial charge is 0.290 e. The Morgan fingerprint density at radius 1 is 0.786 bits per heavy atom. The molecule has 6 nitrogen and oxygen atoms in total.